The molecule has 0 unspecified atom stereocenters. The molecule has 0 aliphatic heterocycles. The Labute approximate surface area is 170 Å². The van der Waals surface area contributed by atoms with Crippen LogP contribution in [0.4, 0.5) is 17.1 Å². The van der Waals surface area contributed by atoms with Crippen molar-refractivity contribution in [3.63, 3.8) is 0 Å². The molecule has 0 N–H and O–H groups in total. The molecule has 0 spiro atoms. The third-order valence-corrected chi connectivity index (χ3v) is 15.3. The van der Waals surface area contributed by atoms with Crippen LogP contribution in [0.5, 0.6) is 0 Å². The van der Waals surface area contributed by atoms with E-state index in [1.807, 2.05) is 11.3 Å². The summed E-state index contributed by atoms with van der Waals surface area (Å²) in [6, 6.07) is 28.7. The van der Waals surface area contributed by atoms with Crippen molar-refractivity contribution in [2.24, 2.45) is 0 Å². The van der Waals surface area contributed by atoms with Gasteiger partial charge in [0, 0.05) is 0 Å². The van der Waals surface area contributed by atoms with Crippen molar-refractivity contribution < 1.29 is 0 Å². The van der Waals surface area contributed by atoms with Gasteiger partial charge in [0.1, 0.15) is 0 Å². The summed E-state index contributed by atoms with van der Waals surface area (Å²) in [5, 5.41) is 1.37. The van der Waals surface area contributed by atoms with E-state index in [9.17, 15) is 0 Å². The van der Waals surface area contributed by atoms with Crippen molar-refractivity contribution in [3.8, 4) is 0 Å². The van der Waals surface area contributed by atoms with Gasteiger partial charge in [-0.3, -0.25) is 0 Å². The van der Waals surface area contributed by atoms with Gasteiger partial charge in [0.25, 0.3) is 0 Å². The molecule has 1 nitrogen and oxygen atoms in total. The second kappa shape index (κ2) is 7.33. The topological polar surface area (TPSA) is 3.24 Å². The Morgan fingerprint density at radius 3 is 2.11 bits per heavy atom. The first-order valence-electron chi connectivity index (χ1n) is 9.38. The average Bonchev–Trinajstić information content (AvgIpc) is 3.07. The van der Waals surface area contributed by atoms with Gasteiger partial charge in [-0.05, 0) is 0 Å². The Kier molecular flexibility index (Phi) is 5.04. The summed E-state index contributed by atoms with van der Waals surface area (Å²) in [6.45, 7) is 2.15. The fourth-order valence-electron chi connectivity index (χ4n) is 3.33. The molecule has 0 fully saturated rings. The quantitative estimate of drug-likeness (QED) is 0.280. The Balaban J connectivity index is 1.87. The molecule has 27 heavy (non-hydrogen) atoms. The number of fused-ring (bicyclic) bond motifs is 1. The van der Waals surface area contributed by atoms with Crippen LogP contribution in [-0.2, 0) is 0 Å². The molecule has 0 bridgehead atoms. The molecular formula is C24H25NSSn. The van der Waals surface area contributed by atoms with E-state index in [-0.39, 0.29) is 0 Å². The predicted octanol–water partition coefficient (Wildman–Crippen LogP) is 7.22. The molecule has 0 amide bonds. The predicted molar refractivity (Wildman–Crippen MR) is 124 cm³/mol. The van der Waals surface area contributed by atoms with Crippen LogP contribution in [0.2, 0.25) is 14.8 Å². The minimum atomic E-state index is -2.04. The molecule has 0 saturated heterocycles. The molecule has 0 aliphatic rings. The van der Waals surface area contributed by atoms with Crippen LogP contribution >= 0.6 is 11.3 Å². The first-order valence-corrected chi connectivity index (χ1v) is 20.2. The SMILES string of the molecule is Cc1cccc(N(c2ccccc2)c2ccc3s[c]([Sn]([CH3])([CH3])[CH3])cc3c2)c1. The zero-order chi connectivity index (χ0) is 19.0. The van der Waals surface area contributed by atoms with E-state index in [0.717, 1.165) is 0 Å². The van der Waals surface area contributed by atoms with Crippen molar-refractivity contribution in [3.05, 3.63) is 84.4 Å². The van der Waals surface area contributed by atoms with Crippen LogP contribution in [-0.4, -0.2) is 18.4 Å². The van der Waals surface area contributed by atoms with Crippen LogP contribution in [0.1, 0.15) is 5.56 Å². The second-order valence-electron chi connectivity index (χ2n) is 8.09. The van der Waals surface area contributed by atoms with Crippen molar-refractivity contribution >= 4 is 59.8 Å². The number of rotatable bonds is 4. The number of benzene rings is 3. The summed E-state index contributed by atoms with van der Waals surface area (Å²) < 4.78 is 3.04. The van der Waals surface area contributed by atoms with E-state index in [2.05, 4.69) is 106 Å². The molecule has 0 atom stereocenters. The minimum absolute atomic E-state index is 1.19. The fraction of sp³-hybridized carbons (Fsp3) is 0.167. The third kappa shape index (κ3) is 3.92. The van der Waals surface area contributed by atoms with Gasteiger partial charge < -0.3 is 0 Å². The Morgan fingerprint density at radius 1 is 0.704 bits per heavy atom. The molecule has 136 valence electrons. The molecule has 1 aromatic heterocycles. The molecule has 4 rings (SSSR count). The summed E-state index contributed by atoms with van der Waals surface area (Å²) in [4.78, 5) is 9.82. The van der Waals surface area contributed by atoms with Gasteiger partial charge in [-0.25, -0.2) is 0 Å². The number of anilines is 3. The maximum atomic E-state index is 2.49. The third-order valence-electron chi connectivity index (χ3n) is 4.77. The van der Waals surface area contributed by atoms with Crippen molar-refractivity contribution in [1.82, 2.24) is 0 Å². The van der Waals surface area contributed by atoms with Crippen molar-refractivity contribution in [2.75, 3.05) is 4.90 Å². The zero-order valence-electron chi connectivity index (χ0n) is 16.4. The molecule has 0 saturated carbocycles. The van der Waals surface area contributed by atoms with Gasteiger partial charge >= 0.3 is 171 Å². The molecular weight excluding hydrogens is 453 g/mol. The van der Waals surface area contributed by atoms with Crippen LogP contribution in [0.3, 0.4) is 0 Å². The van der Waals surface area contributed by atoms with E-state index in [1.165, 1.54) is 32.7 Å². The van der Waals surface area contributed by atoms with E-state index < -0.39 is 18.4 Å². The van der Waals surface area contributed by atoms with Crippen LogP contribution in [0.25, 0.3) is 10.1 Å². The summed E-state index contributed by atoms with van der Waals surface area (Å²) in [7, 11) is 0. The summed E-state index contributed by atoms with van der Waals surface area (Å²) in [5.41, 5.74) is 4.88. The summed E-state index contributed by atoms with van der Waals surface area (Å²) in [5.74, 6) is 0. The van der Waals surface area contributed by atoms with Gasteiger partial charge in [0.15, 0.2) is 0 Å². The van der Waals surface area contributed by atoms with Crippen molar-refractivity contribution in [2.45, 2.75) is 21.7 Å². The van der Waals surface area contributed by atoms with Crippen LogP contribution in [0.15, 0.2) is 78.9 Å². The Morgan fingerprint density at radius 2 is 1.41 bits per heavy atom. The number of hydrogen-bond acceptors (Lipinski definition) is 2. The summed E-state index contributed by atoms with van der Waals surface area (Å²) in [6.07, 6.45) is 0. The van der Waals surface area contributed by atoms with Gasteiger partial charge in [-0.2, -0.15) is 0 Å². The van der Waals surface area contributed by atoms with Crippen LogP contribution in [0, 0.1) is 6.92 Å². The van der Waals surface area contributed by atoms with Gasteiger partial charge in [-0.1, -0.05) is 0 Å². The standard InChI is InChI=1S/C21H16NS.3CH3.Sn/c1-16-6-5-9-19(14-16)22(18-7-3-2-4-8-18)20-10-11-21-17(15-20)12-13-23-21;;;;/h2-12,14-15H,1H3;3*1H3;. The van der Waals surface area contributed by atoms with Gasteiger partial charge in [-0.15, -0.1) is 0 Å². The number of aryl methyl sites for hydroxylation is 1. The molecule has 0 radical (unpaired) electrons. The molecule has 0 aliphatic carbocycles. The van der Waals surface area contributed by atoms with Gasteiger partial charge in [0.05, 0.1) is 0 Å². The van der Waals surface area contributed by atoms with E-state index in [1.54, 1.807) is 2.89 Å². The Hall–Kier alpha value is -1.78. The number of para-hydroxylation sites is 1. The molecule has 1 heterocycles. The average molecular weight is 478 g/mol. The monoisotopic (exact) mass is 479 g/mol. The maximum absolute atomic E-state index is 2.49. The van der Waals surface area contributed by atoms with Crippen LogP contribution < -0.4 is 7.79 Å². The molecule has 4 aromatic rings. The van der Waals surface area contributed by atoms with E-state index >= 15 is 0 Å². The van der Waals surface area contributed by atoms with Gasteiger partial charge in [0.2, 0.25) is 0 Å². The summed E-state index contributed by atoms with van der Waals surface area (Å²) >= 11 is -0.0512. The first-order chi connectivity index (χ1) is 12.9. The molecule has 3 aromatic carbocycles. The number of hydrogen-bond donors (Lipinski definition) is 0. The van der Waals surface area contributed by atoms with E-state index in [0.29, 0.717) is 0 Å². The van der Waals surface area contributed by atoms with Crippen molar-refractivity contribution in [1.29, 1.82) is 0 Å². The fourth-order valence-corrected chi connectivity index (χ4v) is 9.67. The van der Waals surface area contributed by atoms with E-state index in [4.69, 9.17) is 0 Å². The normalized spacial score (nSPS) is 11.7. The first kappa shape index (κ1) is 18.6. The Bertz CT molecular complexity index is 1080. The second-order valence-corrected chi connectivity index (χ2v) is 24.6. The molecule has 3 heteroatoms. The number of nitrogens with zero attached hydrogens (tertiary/aromatic N) is 1. The zero-order valence-corrected chi connectivity index (χ0v) is 20.0. The number of thiophene rings is 1.